The number of amides is 1. The lowest BCUT2D eigenvalue weighted by molar-refractivity contribution is -0.254. The lowest BCUT2D eigenvalue weighted by atomic mass is 10.3. The second-order valence-electron chi connectivity index (χ2n) is 3.64. The summed E-state index contributed by atoms with van der Waals surface area (Å²) in [6.45, 7) is 0. The molecule has 0 unspecified atom stereocenters. The number of halogens is 3. The lowest BCUT2D eigenvalue weighted by Crippen LogP contribution is -2.39. The van der Waals surface area contributed by atoms with E-state index in [0.29, 0.717) is 11.3 Å². The number of rotatable bonds is 2. The molecule has 0 saturated carbocycles. The molecule has 0 saturated heterocycles. The zero-order valence-corrected chi connectivity index (χ0v) is 10.6. The van der Waals surface area contributed by atoms with Gasteiger partial charge in [-0.1, -0.05) is 0 Å². The van der Waals surface area contributed by atoms with Crippen molar-refractivity contribution < 1.29 is 27.9 Å². The Labute approximate surface area is 113 Å². The molecule has 0 atom stereocenters. The smallest absolute Gasteiger partial charge is 0.471 e. The Bertz CT molecular complexity index is 698. The van der Waals surface area contributed by atoms with Gasteiger partial charge >= 0.3 is 12.1 Å². The lowest BCUT2D eigenvalue weighted by Gasteiger charge is -2.19. The molecule has 0 aliphatic rings. The Balaban J connectivity index is 2.66. The number of carboxylic acids is 1. The van der Waals surface area contributed by atoms with E-state index in [-0.39, 0.29) is 15.2 Å². The third-order valence-corrected chi connectivity index (χ3v) is 3.43. The minimum absolute atomic E-state index is 0.100. The first-order valence-corrected chi connectivity index (χ1v) is 5.85. The van der Waals surface area contributed by atoms with Crippen LogP contribution in [0.2, 0.25) is 0 Å². The molecule has 0 aliphatic heterocycles. The number of carbonyl (C=O) groups excluding carboxylic acids is 2. The second-order valence-corrected chi connectivity index (χ2v) is 4.64. The van der Waals surface area contributed by atoms with Gasteiger partial charge in [-0.2, -0.15) is 13.2 Å². The zero-order valence-electron chi connectivity index (χ0n) is 9.76. The molecule has 6 nitrogen and oxygen atoms in total. The summed E-state index contributed by atoms with van der Waals surface area (Å²) in [5.41, 5.74) is -0.572. The highest BCUT2D eigenvalue weighted by Gasteiger charge is 2.43. The number of fused-ring (bicyclic) bond motifs is 1. The van der Waals surface area contributed by atoms with E-state index in [2.05, 4.69) is 9.97 Å². The van der Waals surface area contributed by atoms with Crippen LogP contribution in [-0.2, 0) is 4.79 Å². The van der Waals surface area contributed by atoms with Crippen LogP contribution < -0.4 is 10.0 Å². The molecule has 0 N–H and O–H groups in total. The normalized spacial score (nSPS) is 11.6. The molecule has 0 radical (unpaired) electrons. The van der Waals surface area contributed by atoms with Crippen LogP contribution in [0.25, 0.3) is 10.3 Å². The second kappa shape index (κ2) is 4.71. The quantitative estimate of drug-likeness (QED) is 0.810. The Morgan fingerprint density at radius 1 is 1.30 bits per heavy atom. The molecule has 2 aromatic rings. The fourth-order valence-electron chi connectivity index (χ4n) is 1.56. The fourth-order valence-corrected chi connectivity index (χ4v) is 2.52. The summed E-state index contributed by atoms with van der Waals surface area (Å²) in [6.07, 6.45) is -2.69. The van der Waals surface area contributed by atoms with E-state index < -0.39 is 28.6 Å². The topological polar surface area (TPSA) is 86.2 Å². The Kier molecular flexibility index (Phi) is 3.34. The van der Waals surface area contributed by atoms with Crippen molar-refractivity contribution >= 4 is 39.2 Å². The number of carbonyl (C=O) groups is 2. The number of aromatic nitrogens is 2. The van der Waals surface area contributed by atoms with Crippen LogP contribution in [0.15, 0.2) is 12.4 Å². The maximum Gasteiger partial charge on any atom is 0.471 e. The molecule has 2 rings (SSSR count). The summed E-state index contributed by atoms with van der Waals surface area (Å²) < 4.78 is 37.3. The van der Waals surface area contributed by atoms with Crippen LogP contribution in [0.5, 0.6) is 0 Å². The highest BCUT2D eigenvalue weighted by atomic mass is 32.1. The minimum atomic E-state index is -5.13. The summed E-state index contributed by atoms with van der Waals surface area (Å²) >= 11 is 0.591. The highest BCUT2D eigenvalue weighted by molar-refractivity contribution is 7.21. The standard InChI is InChI=1S/C10H6F3N3O3S/c1-16(9(19)10(11,12)13)5-4-7(15-3-2-14-4)20-6(5)8(17)18/h2-3H,1H3,(H,17,18)/p-1. The van der Waals surface area contributed by atoms with E-state index in [1.54, 1.807) is 0 Å². The van der Waals surface area contributed by atoms with Crippen molar-refractivity contribution in [2.45, 2.75) is 6.18 Å². The summed E-state index contributed by atoms with van der Waals surface area (Å²) in [6, 6.07) is 0. The van der Waals surface area contributed by atoms with Crippen LogP contribution in [0, 0.1) is 0 Å². The predicted octanol–water partition coefficient (Wildman–Crippen LogP) is 0.580. The van der Waals surface area contributed by atoms with Gasteiger partial charge in [0.1, 0.15) is 10.3 Å². The zero-order chi connectivity index (χ0) is 15.1. The predicted molar refractivity (Wildman–Crippen MR) is 61.2 cm³/mol. The van der Waals surface area contributed by atoms with E-state index in [1.165, 1.54) is 12.4 Å². The molecule has 0 aliphatic carbocycles. The number of aromatic carboxylic acids is 1. The van der Waals surface area contributed by atoms with Crippen LogP contribution >= 0.6 is 11.3 Å². The van der Waals surface area contributed by atoms with E-state index >= 15 is 0 Å². The van der Waals surface area contributed by atoms with E-state index in [4.69, 9.17) is 0 Å². The van der Waals surface area contributed by atoms with Gasteiger partial charge in [-0.25, -0.2) is 9.97 Å². The summed E-state index contributed by atoms with van der Waals surface area (Å²) in [5.74, 6) is -3.91. The molecule has 0 fully saturated rings. The fraction of sp³-hybridized carbons (Fsp3) is 0.200. The van der Waals surface area contributed by atoms with E-state index in [0.717, 1.165) is 7.05 Å². The largest absolute Gasteiger partial charge is 0.544 e. The number of carboxylic acid groups (broad SMARTS) is 1. The number of anilines is 1. The maximum atomic E-state index is 12.4. The van der Waals surface area contributed by atoms with Gasteiger partial charge in [-0.15, -0.1) is 11.3 Å². The van der Waals surface area contributed by atoms with Crippen molar-refractivity contribution in [2.75, 3.05) is 11.9 Å². The molecule has 106 valence electrons. The number of alkyl halides is 3. The molecule has 2 aromatic heterocycles. The van der Waals surface area contributed by atoms with Crippen molar-refractivity contribution in [3.05, 3.63) is 17.3 Å². The molecular formula is C10H5F3N3O3S-. The Morgan fingerprint density at radius 3 is 2.45 bits per heavy atom. The van der Waals surface area contributed by atoms with E-state index in [1.807, 2.05) is 0 Å². The minimum Gasteiger partial charge on any atom is -0.544 e. The SMILES string of the molecule is CN(C(=O)C(F)(F)F)c1c(C(=O)[O-])sc2nccnc12. The van der Waals surface area contributed by atoms with Crippen LogP contribution in [-0.4, -0.2) is 35.1 Å². The number of hydrogen-bond acceptors (Lipinski definition) is 6. The van der Waals surface area contributed by atoms with Gasteiger partial charge in [0.25, 0.3) is 0 Å². The van der Waals surface area contributed by atoms with Crippen LogP contribution in [0.4, 0.5) is 18.9 Å². The van der Waals surface area contributed by atoms with Crippen molar-refractivity contribution in [3.8, 4) is 0 Å². The van der Waals surface area contributed by atoms with Crippen molar-refractivity contribution in [1.29, 1.82) is 0 Å². The van der Waals surface area contributed by atoms with Gasteiger partial charge in [0.05, 0.1) is 16.5 Å². The summed E-state index contributed by atoms with van der Waals surface area (Å²) in [5, 5.41) is 11.0. The van der Waals surface area contributed by atoms with Crippen molar-refractivity contribution in [3.63, 3.8) is 0 Å². The Hall–Kier alpha value is -2.23. The summed E-state index contributed by atoms with van der Waals surface area (Å²) in [4.78, 5) is 29.5. The molecule has 0 bridgehead atoms. The molecule has 10 heteroatoms. The third kappa shape index (κ3) is 2.29. The maximum absolute atomic E-state index is 12.4. The molecular weight excluding hydrogens is 299 g/mol. The van der Waals surface area contributed by atoms with Gasteiger partial charge in [0.2, 0.25) is 0 Å². The monoisotopic (exact) mass is 304 g/mol. The Morgan fingerprint density at radius 2 is 1.90 bits per heavy atom. The van der Waals surface area contributed by atoms with Crippen LogP contribution in [0.1, 0.15) is 9.67 Å². The first-order chi connectivity index (χ1) is 9.23. The van der Waals surface area contributed by atoms with E-state index in [9.17, 15) is 27.9 Å². The molecule has 1 amide bonds. The van der Waals surface area contributed by atoms with Crippen molar-refractivity contribution in [2.24, 2.45) is 0 Å². The first kappa shape index (κ1) is 14.2. The summed E-state index contributed by atoms with van der Waals surface area (Å²) in [7, 11) is 0.818. The number of thiophene rings is 1. The van der Waals surface area contributed by atoms with Crippen LogP contribution in [0.3, 0.4) is 0 Å². The number of hydrogen-bond donors (Lipinski definition) is 0. The molecule has 20 heavy (non-hydrogen) atoms. The highest BCUT2D eigenvalue weighted by Crippen LogP contribution is 2.36. The average molecular weight is 304 g/mol. The number of nitrogens with zero attached hydrogens (tertiary/aromatic N) is 3. The molecule has 0 aromatic carbocycles. The van der Waals surface area contributed by atoms with Crippen molar-refractivity contribution in [1.82, 2.24) is 9.97 Å². The van der Waals surface area contributed by atoms with Gasteiger partial charge in [-0.3, -0.25) is 4.79 Å². The first-order valence-electron chi connectivity index (χ1n) is 5.03. The van der Waals surface area contributed by atoms with Gasteiger partial charge in [-0.05, 0) is 0 Å². The van der Waals surface area contributed by atoms with Gasteiger partial charge in [0.15, 0.2) is 0 Å². The van der Waals surface area contributed by atoms with Gasteiger partial charge in [0, 0.05) is 19.4 Å². The molecule has 2 heterocycles. The third-order valence-electron chi connectivity index (χ3n) is 2.37. The molecule has 0 spiro atoms. The van der Waals surface area contributed by atoms with Gasteiger partial charge < -0.3 is 14.8 Å². The average Bonchev–Trinajstić information content (AvgIpc) is 2.75.